The first-order valence-corrected chi connectivity index (χ1v) is 7.52. The fraction of sp³-hybridized carbons (Fsp3) is 0.733. The summed E-state index contributed by atoms with van der Waals surface area (Å²) in [4.78, 5) is 11.0. The molecule has 0 aliphatic carbocycles. The van der Waals surface area contributed by atoms with E-state index in [9.17, 15) is 5.11 Å². The molecule has 20 heavy (non-hydrogen) atoms. The highest BCUT2D eigenvalue weighted by Crippen LogP contribution is 2.43. The van der Waals surface area contributed by atoms with Gasteiger partial charge in [-0.05, 0) is 39.7 Å². The molecule has 0 bridgehead atoms. The summed E-state index contributed by atoms with van der Waals surface area (Å²) in [7, 11) is 0. The summed E-state index contributed by atoms with van der Waals surface area (Å²) in [5.74, 6) is 0.718. The predicted octanol–water partition coefficient (Wildman–Crippen LogP) is 1.11. The summed E-state index contributed by atoms with van der Waals surface area (Å²) >= 11 is 0. The third-order valence-corrected chi connectivity index (χ3v) is 4.98. The Balaban J connectivity index is 1.78. The molecule has 5 atom stereocenters. The van der Waals surface area contributed by atoms with E-state index >= 15 is 0 Å². The second-order valence-electron chi connectivity index (χ2n) is 6.38. The minimum absolute atomic E-state index is 0.116. The van der Waals surface area contributed by atoms with E-state index in [1.165, 1.54) is 12.8 Å². The Bertz CT molecular complexity index is 466. The molecule has 1 aromatic heterocycles. The number of aliphatic hydroxyl groups is 1. The largest absolute Gasteiger partial charge is 0.391 e. The van der Waals surface area contributed by atoms with E-state index in [1.54, 1.807) is 12.4 Å². The monoisotopic (exact) mass is 276 g/mol. The van der Waals surface area contributed by atoms with E-state index < -0.39 is 6.10 Å². The smallest absolute Gasteiger partial charge is 0.147 e. The van der Waals surface area contributed by atoms with Crippen molar-refractivity contribution >= 4 is 0 Å². The molecular formula is C15H24N4O. The van der Waals surface area contributed by atoms with E-state index in [2.05, 4.69) is 34.0 Å². The Morgan fingerprint density at radius 1 is 1.40 bits per heavy atom. The molecule has 5 nitrogen and oxygen atoms in total. The van der Waals surface area contributed by atoms with Crippen molar-refractivity contribution in [3.8, 4) is 0 Å². The molecule has 5 heteroatoms. The van der Waals surface area contributed by atoms with Crippen molar-refractivity contribution in [1.82, 2.24) is 20.2 Å². The van der Waals surface area contributed by atoms with Gasteiger partial charge >= 0.3 is 0 Å². The minimum Gasteiger partial charge on any atom is -0.391 e. The van der Waals surface area contributed by atoms with Gasteiger partial charge in [0.1, 0.15) is 5.82 Å². The number of aromatic nitrogens is 2. The molecule has 3 heterocycles. The van der Waals surface area contributed by atoms with Gasteiger partial charge in [-0.25, -0.2) is 9.97 Å². The van der Waals surface area contributed by atoms with Crippen molar-refractivity contribution in [1.29, 1.82) is 0 Å². The summed E-state index contributed by atoms with van der Waals surface area (Å²) in [5.41, 5.74) is 0.224. The zero-order valence-corrected chi connectivity index (χ0v) is 12.5. The first-order chi connectivity index (χ1) is 9.53. The lowest BCUT2D eigenvalue weighted by molar-refractivity contribution is -0.0838. The van der Waals surface area contributed by atoms with Gasteiger partial charge in [-0.1, -0.05) is 0 Å². The number of nitrogens with zero attached hydrogens (tertiary/aromatic N) is 3. The van der Waals surface area contributed by atoms with Crippen LogP contribution in [0.25, 0.3) is 0 Å². The number of aliphatic hydroxyl groups excluding tert-OH is 1. The van der Waals surface area contributed by atoms with Crippen LogP contribution in [0.4, 0.5) is 0 Å². The van der Waals surface area contributed by atoms with Crippen molar-refractivity contribution in [3.63, 3.8) is 0 Å². The van der Waals surface area contributed by atoms with E-state index in [1.807, 2.05) is 13.0 Å². The number of hydrogen-bond donors (Lipinski definition) is 2. The van der Waals surface area contributed by atoms with Gasteiger partial charge in [-0.2, -0.15) is 0 Å². The highest BCUT2D eigenvalue weighted by Gasteiger charge is 2.55. The third kappa shape index (κ3) is 2.14. The maximum Gasteiger partial charge on any atom is 0.147 e. The first-order valence-electron chi connectivity index (χ1n) is 7.52. The van der Waals surface area contributed by atoms with Crippen LogP contribution in [0.15, 0.2) is 18.5 Å². The Morgan fingerprint density at radius 2 is 2.10 bits per heavy atom. The van der Waals surface area contributed by atoms with Gasteiger partial charge in [0, 0.05) is 36.6 Å². The van der Waals surface area contributed by atoms with Crippen molar-refractivity contribution in [2.24, 2.45) is 0 Å². The van der Waals surface area contributed by atoms with Gasteiger partial charge < -0.3 is 10.4 Å². The average molecular weight is 276 g/mol. The topological polar surface area (TPSA) is 61.3 Å². The van der Waals surface area contributed by atoms with Crippen LogP contribution in [0.2, 0.25) is 0 Å². The second-order valence-corrected chi connectivity index (χ2v) is 6.38. The van der Waals surface area contributed by atoms with Gasteiger partial charge in [0.25, 0.3) is 0 Å². The summed E-state index contributed by atoms with van der Waals surface area (Å²) in [6.45, 7) is 7.28. The molecule has 2 fully saturated rings. The SMILES string of the molecule is CC1CCC2(CN(C(c3ncccn3)C(C)O)C2C)N1. The average Bonchev–Trinajstić information content (AvgIpc) is 2.83. The molecule has 0 radical (unpaired) electrons. The molecule has 2 aliphatic rings. The summed E-state index contributed by atoms with van der Waals surface area (Å²) in [6.07, 6.45) is 5.46. The van der Waals surface area contributed by atoms with Gasteiger partial charge in [0.15, 0.2) is 0 Å². The number of nitrogens with one attached hydrogen (secondary N) is 1. The number of rotatable bonds is 3. The van der Waals surface area contributed by atoms with Gasteiger partial charge in [-0.15, -0.1) is 0 Å². The Kier molecular flexibility index (Phi) is 3.52. The third-order valence-electron chi connectivity index (χ3n) is 4.98. The number of likely N-dealkylation sites (tertiary alicyclic amines) is 1. The molecule has 0 amide bonds. The van der Waals surface area contributed by atoms with Crippen molar-refractivity contribution < 1.29 is 5.11 Å². The lowest BCUT2D eigenvalue weighted by Gasteiger charge is -2.58. The van der Waals surface area contributed by atoms with Crippen LogP contribution in [-0.2, 0) is 0 Å². The Labute approximate surface area is 120 Å². The van der Waals surface area contributed by atoms with E-state index in [-0.39, 0.29) is 11.6 Å². The highest BCUT2D eigenvalue weighted by atomic mass is 16.3. The van der Waals surface area contributed by atoms with Crippen LogP contribution in [0, 0.1) is 0 Å². The van der Waals surface area contributed by atoms with Crippen LogP contribution in [0.5, 0.6) is 0 Å². The van der Waals surface area contributed by atoms with Crippen LogP contribution in [0.1, 0.15) is 45.5 Å². The molecule has 110 valence electrons. The minimum atomic E-state index is -0.476. The van der Waals surface area contributed by atoms with Crippen molar-refractivity contribution in [2.45, 2.75) is 63.4 Å². The van der Waals surface area contributed by atoms with Crippen LogP contribution in [-0.4, -0.2) is 50.2 Å². The Hall–Kier alpha value is -1.04. The van der Waals surface area contributed by atoms with Crippen LogP contribution in [0.3, 0.4) is 0 Å². The van der Waals surface area contributed by atoms with E-state index in [4.69, 9.17) is 0 Å². The summed E-state index contributed by atoms with van der Waals surface area (Å²) < 4.78 is 0. The van der Waals surface area contributed by atoms with Gasteiger partial charge in [0.2, 0.25) is 0 Å². The first kappa shape index (κ1) is 13.9. The zero-order valence-electron chi connectivity index (χ0n) is 12.5. The Morgan fingerprint density at radius 3 is 2.60 bits per heavy atom. The molecule has 1 aromatic rings. The fourth-order valence-corrected chi connectivity index (χ4v) is 3.81. The maximum atomic E-state index is 10.2. The highest BCUT2D eigenvalue weighted by molar-refractivity contribution is 5.17. The summed E-state index contributed by atoms with van der Waals surface area (Å²) in [6, 6.07) is 2.69. The lowest BCUT2D eigenvalue weighted by Crippen LogP contribution is -2.74. The molecule has 2 saturated heterocycles. The van der Waals surface area contributed by atoms with E-state index in [0.29, 0.717) is 12.1 Å². The molecule has 0 aromatic carbocycles. The second kappa shape index (κ2) is 5.06. The fourth-order valence-electron chi connectivity index (χ4n) is 3.81. The standard InChI is InChI=1S/C15H24N4O/c1-10-5-6-15(18-10)9-19(12(15)3)13(11(2)20)14-16-7-4-8-17-14/h4,7-8,10-13,18,20H,5-6,9H2,1-3H3. The molecule has 2 aliphatic heterocycles. The maximum absolute atomic E-state index is 10.2. The molecule has 0 saturated carbocycles. The molecule has 3 rings (SSSR count). The number of hydrogen-bond acceptors (Lipinski definition) is 5. The lowest BCUT2D eigenvalue weighted by atomic mass is 9.78. The van der Waals surface area contributed by atoms with Crippen LogP contribution >= 0.6 is 0 Å². The van der Waals surface area contributed by atoms with Gasteiger partial charge in [0.05, 0.1) is 12.1 Å². The summed E-state index contributed by atoms with van der Waals surface area (Å²) in [5, 5.41) is 13.9. The molecule has 5 unspecified atom stereocenters. The normalized spacial score (nSPS) is 36.8. The van der Waals surface area contributed by atoms with Crippen molar-refractivity contribution in [3.05, 3.63) is 24.3 Å². The quantitative estimate of drug-likeness (QED) is 0.866. The van der Waals surface area contributed by atoms with Gasteiger partial charge in [-0.3, -0.25) is 4.90 Å². The van der Waals surface area contributed by atoms with Crippen molar-refractivity contribution in [2.75, 3.05) is 6.54 Å². The zero-order chi connectivity index (χ0) is 14.3. The van der Waals surface area contributed by atoms with Crippen LogP contribution < -0.4 is 5.32 Å². The molecule has 2 N–H and O–H groups in total. The molecular weight excluding hydrogens is 252 g/mol. The van der Waals surface area contributed by atoms with E-state index in [0.717, 1.165) is 12.4 Å². The predicted molar refractivity (Wildman–Crippen MR) is 77.2 cm³/mol. The molecule has 1 spiro atoms.